The first kappa shape index (κ1) is 24.6. The Balaban J connectivity index is 2.04. The number of carbonyl (C=O) groups excluding carboxylic acids is 1. The van der Waals surface area contributed by atoms with Crippen LogP contribution in [0.1, 0.15) is 59.3 Å². The maximum atomic E-state index is 12.4. The molecule has 8 atom stereocenters. The van der Waals surface area contributed by atoms with Crippen LogP contribution in [0.5, 0.6) is 0 Å². The van der Waals surface area contributed by atoms with Gasteiger partial charge >= 0.3 is 11.9 Å². The van der Waals surface area contributed by atoms with Crippen molar-refractivity contribution in [3.63, 3.8) is 0 Å². The van der Waals surface area contributed by atoms with Gasteiger partial charge in [0.15, 0.2) is 6.10 Å². The molecule has 2 aliphatic carbocycles. The minimum atomic E-state index is -1.76. The molecule has 30 heavy (non-hydrogen) atoms. The maximum Gasteiger partial charge on any atom is 0.335 e. The first-order chi connectivity index (χ1) is 14.1. The monoisotopic (exact) mass is 424 g/mol. The molecule has 0 aromatic carbocycles. The predicted octanol–water partition coefficient (Wildman–Crippen LogP) is 2.44. The van der Waals surface area contributed by atoms with Crippen LogP contribution in [0.2, 0.25) is 0 Å². The van der Waals surface area contributed by atoms with E-state index in [1.807, 2.05) is 26.0 Å². The summed E-state index contributed by atoms with van der Waals surface area (Å²) in [6, 6.07) is 0. The summed E-state index contributed by atoms with van der Waals surface area (Å²) < 4.78 is 5.85. The first-order valence-corrected chi connectivity index (χ1v) is 11.0. The number of carbonyl (C=O) groups is 2. The molecular weight excluding hydrogens is 388 g/mol. The Morgan fingerprint density at radius 3 is 2.60 bits per heavy atom. The predicted molar refractivity (Wildman–Crippen MR) is 111 cm³/mol. The number of hydrogen-bond donors (Lipinski definition) is 4. The molecule has 0 aliphatic heterocycles. The number of esters is 1. The molecule has 0 fully saturated rings. The molecular formula is C23H36O7. The SMILES string of the molecule is CCC(C)C(=O)OC1CC(O)C=C2C=CC(C)C(CCCCC(O)C(O)C(=O)O)C21. The third kappa shape index (κ3) is 6.15. The van der Waals surface area contributed by atoms with Gasteiger partial charge < -0.3 is 25.2 Å². The molecule has 2 aliphatic rings. The summed E-state index contributed by atoms with van der Waals surface area (Å²) >= 11 is 0. The molecule has 2 rings (SSSR count). The molecule has 170 valence electrons. The van der Waals surface area contributed by atoms with E-state index in [4.69, 9.17) is 9.84 Å². The lowest BCUT2D eigenvalue weighted by molar-refractivity contribution is -0.159. The van der Waals surface area contributed by atoms with Crippen LogP contribution in [0.15, 0.2) is 23.8 Å². The van der Waals surface area contributed by atoms with Crippen molar-refractivity contribution in [2.24, 2.45) is 23.7 Å². The van der Waals surface area contributed by atoms with Crippen LogP contribution in [0.3, 0.4) is 0 Å². The van der Waals surface area contributed by atoms with Gasteiger partial charge in [-0.25, -0.2) is 4.79 Å². The van der Waals surface area contributed by atoms with Gasteiger partial charge in [-0.15, -0.1) is 0 Å². The maximum absolute atomic E-state index is 12.4. The van der Waals surface area contributed by atoms with Crippen molar-refractivity contribution in [1.82, 2.24) is 0 Å². The second kappa shape index (κ2) is 11.1. The second-order valence-corrected chi connectivity index (χ2v) is 8.80. The van der Waals surface area contributed by atoms with Gasteiger partial charge in [0, 0.05) is 12.3 Å². The highest BCUT2D eigenvalue weighted by atomic mass is 16.5. The molecule has 0 aromatic rings. The Morgan fingerprint density at radius 2 is 1.97 bits per heavy atom. The number of carboxylic acids is 1. The number of aliphatic hydroxyl groups excluding tert-OH is 3. The van der Waals surface area contributed by atoms with E-state index < -0.39 is 24.3 Å². The van der Waals surface area contributed by atoms with Crippen molar-refractivity contribution in [2.75, 3.05) is 0 Å². The molecule has 7 heteroatoms. The van der Waals surface area contributed by atoms with Gasteiger partial charge in [0.1, 0.15) is 6.10 Å². The van der Waals surface area contributed by atoms with Crippen molar-refractivity contribution in [1.29, 1.82) is 0 Å². The number of hydrogen-bond acceptors (Lipinski definition) is 6. The van der Waals surface area contributed by atoms with Crippen LogP contribution in [0, 0.1) is 23.7 Å². The average Bonchev–Trinajstić information content (AvgIpc) is 2.70. The highest BCUT2D eigenvalue weighted by Gasteiger charge is 2.41. The lowest BCUT2D eigenvalue weighted by Crippen LogP contribution is -2.42. The molecule has 7 nitrogen and oxygen atoms in total. The van der Waals surface area contributed by atoms with Crippen molar-refractivity contribution >= 4 is 11.9 Å². The second-order valence-electron chi connectivity index (χ2n) is 8.80. The summed E-state index contributed by atoms with van der Waals surface area (Å²) in [6.45, 7) is 5.91. The molecule has 4 N–H and O–H groups in total. The number of allylic oxidation sites excluding steroid dienone is 2. The fraction of sp³-hybridized carbons (Fsp3) is 0.739. The fourth-order valence-electron chi connectivity index (χ4n) is 4.47. The number of unbranched alkanes of at least 4 members (excludes halogenated alkanes) is 1. The van der Waals surface area contributed by atoms with E-state index in [0.717, 1.165) is 18.4 Å². The van der Waals surface area contributed by atoms with Crippen molar-refractivity contribution in [3.05, 3.63) is 23.8 Å². The molecule has 0 radical (unpaired) electrons. The van der Waals surface area contributed by atoms with E-state index in [-0.39, 0.29) is 42.2 Å². The summed E-state index contributed by atoms with van der Waals surface area (Å²) in [6.07, 6.45) is 5.37. The Bertz CT molecular complexity index is 656. The zero-order valence-corrected chi connectivity index (χ0v) is 18.1. The highest BCUT2D eigenvalue weighted by molar-refractivity contribution is 5.72. The minimum absolute atomic E-state index is 0.0101. The van der Waals surface area contributed by atoms with E-state index in [1.165, 1.54) is 0 Å². The number of aliphatic hydroxyl groups is 3. The first-order valence-electron chi connectivity index (χ1n) is 11.0. The van der Waals surface area contributed by atoms with Crippen molar-refractivity contribution in [3.8, 4) is 0 Å². The summed E-state index contributed by atoms with van der Waals surface area (Å²) in [7, 11) is 0. The topological polar surface area (TPSA) is 124 Å². The molecule has 0 saturated carbocycles. The van der Waals surface area contributed by atoms with Crippen LogP contribution in [0.4, 0.5) is 0 Å². The minimum Gasteiger partial charge on any atom is -0.479 e. The summed E-state index contributed by atoms with van der Waals surface area (Å²) in [4.78, 5) is 23.2. The van der Waals surface area contributed by atoms with E-state index in [2.05, 4.69) is 13.0 Å². The number of aliphatic carboxylic acids is 1. The molecule has 0 aromatic heterocycles. The van der Waals surface area contributed by atoms with Crippen LogP contribution in [-0.2, 0) is 14.3 Å². The molecule has 0 spiro atoms. The molecule has 0 amide bonds. The molecule has 0 heterocycles. The zero-order chi connectivity index (χ0) is 22.4. The fourth-order valence-corrected chi connectivity index (χ4v) is 4.47. The summed E-state index contributed by atoms with van der Waals surface area (Å²) in [5, 5.41) is 38.2. The third-order valence-corrected chi connectivity index (χ3v) is 6.56. The lowest BCUT2D eigenvalue weighted by atomic mass is 9.66. The van der Waals surface area contributed by atoms with Gasteiger partial charge in [0.2, 0.25) is 0 Å². The van der Waals surface area contributed by atoms with Gasteiger partial charge in [0.25, 0.3) is 0 Å². The van der Waals surface area contributed by atoms with Crippen molar-refractivity contribution < 1.29 is 34.8 Å². The summed E-state index contributed by atoms with van der Waals surface area (Å²) in [5.74, 6) is -1.35. The average molecular weight is 425 g/mol. The van der Waals surface area contributed by atoms with Crippen LogP contribution < -0.4 is 0 Å². The normalized spacial score (nSPS) is 31.3. The van der Waals surface area contributed by atoms with Gasteiger partial charge in [-0.2, -0.15) is 0 Å². The van der Waals surface area contributed by atoms with E-state index >= 15 is 0 Å². The molecule has 0 bridgehead atoms. The van der Waals surface area contributed by atoms with Gasteiger partial charge in [-0.3, -0.25) is 4.79 Å². The standard InChI is InChI=1S/C23H36O7/c1-4-13(2)23(29)30-19-12-16(24)11-15-10-9-14(3)17(20(15)19)7-5-6-8-18(25)21(26)22(27)28/h9-11,13-14,16-21,24-26H,4-8,12H2,1-3H3,(H,27,28). The lowest BCUT2D eigenvalue weighted by Gasteiger charge is -2.43. The quantitative estimate of drug-likeness (QED) is 0.314. The number of rotatable bonds is 10. The number of carboxylic acid groups (broad SMARTS) is 1. The Kier molecular flexibility index (Phi) is 9.07. The number of fused-ring (bicyclic) bond motifs is 1. The Morgan fingerprint density at radius 1 is 1.27 bits per heavy atom. The van der Waals surface area contributed by atoms with Gasteiger partial charge in [-0.05, 0) is 36.7 Å². The highest BCUT2D eigenvalue weighted by Crippen LogP contribution is 2.44. The Labute approximate surface area is 178 Å². The van der Waals surface area contributed by atoms with E-state index in [9.17, 15) is 24.9 Å². The smallest absolute Gasteiger partial charge is 0.335 e. The molecule has 0 saturated heterocycles. The van der Waals surface area contributed by atoms with E-state index in [1.54, 1.807) is 0 Å². The largest absolute Gasteiger partial charge is 0.479 e. The van der Waals surface area contributed by atoms with Crippen LogP contribution in [-0.4, -0.2) is 56.8 Å². The van der Waals surface area contributed by atoms with Crippen LogP contribution >= 0.6 is 0 Å². The Hall–Kier alpha value is -1.70. The number of ether oxygens (including phenoxy) is 1. The third-order valence-electron chi connectivity index (χ3n) is 6.56. The zero-order valence-electron chi connectivity index (χ0n) is 18.1. The van der Waals surface area contributed by atoms with Gasteiger partial charge in [-0.1, -0.05) is 51.8 Å². The van der Waals surface area contributed by atoms with Gasteiger partial charge in [0.05, 0.1) is 18.1 Å². The van der Waals surface area contributed by atoms with Crippen molar-refractivity contribution in [2.45, 2.75) is 83.7 Å². The molecule has 8 unspecified atom stereocenters. The van der Waals surface area contributed by atoms with E-state index in [0.29, 0.717) is 19.3 Å². The van der Waals surface area contributed by atoms with Crippen LogP contribution in [0.25, 0.3) is 0 Å². The summed E-state index contributed by atoms with van der Waals surface area (Å²) in [5.41, 5.74) is 1.00.